The molecule has 0 aromatic carbocycles. The molecule has 0 saturated heterocycles. The maximum Gasteiger partial charge on any atom is 0.169 e. The normalized spacial score (nSPS) is 10.8. The molecule has 0 N–H and O–H groups in total. The Morgan fingerprint density at radius 3 is 0.932 bits per heavy atom. The largest absolute Gasteiger partial charge is 0.811 e. The van der Waals surface area contributed by atoms with Crippen LogP contribution in [0.1, 0.15) is 73.1 Å². The second kappa shape index (κ2) is 20.7. The number of rotatable bonds is 13. The molecule has 4 aromatic rings. The van der Waals surface area contributed by atoms with Gasteiger partial charge in [-0.2, -0.15) is 0 Å². The van der Waals surface area contributed by atoms with Crippen molar-refractivity contribution in [1.29, 1.82) is 0 Å². The van der Waals surface area contributed by atoms with E-state index in [9.17, 15) is 14.4 Å². The molecule has 4 aromatic heterocycles. The van der Waals surface area contributed by atoms with Gasteiger partial charge in [0.2, 0.25) is 0 Å². The third-order valence-corrected chi connectivity index (χ3v) is 8.34. The van der Waals surface area contributed by atoms with E-state index in [1.807, 2.05) is 0 Å². The number of aryl methyl sites for hydroxylation is 4. The molecule has 8 heteroatoms. The second-order valence-electron chi connectivity index (χ2n) is 10.8. The number of hydrogen-bond acceptors (Lipinski definition) is 3. The van der Waals surface area contributed by atoms with E-state index in [0.717, 1.165) is 45.4 Å². The SMILES string of the molecule is CCCCCCCCP(=O)([O-])[O-].CC[n+]1ccc(-c2cc[n+](CC)cc2)cc1.CC[n+]1ccc(-c2cc[n+](CC)cc2)cc1. The molecular weight excluding hydrogens is 567 g/mol. The molecule has 0 amide bonds. The van der Waals surface area contributed by atoms with Crippen molar-refractivity contribution in [3.8, 4) is 22.3 Å². The van der Waals surface area contributed by atoms with Gasteiger partial charge in [-0.3, -0.25) is 0 Å². The summed E-state index contributed by atoms with van der Waals surface area (Å²) in [7, 11) is -4.22. The van der Waals surface area contributed by atoms with Crippen molar-refractivity contribution in [2.45, 2.75) is 99.3 Å². The second-order valence-corrected chi connectivity index (χ2v) is 12.4. The van der Waals surface area contributed by atoms with Gasteiger partial charge in [-0.25, -0.2) is 18.3 Å². The molecule has 0 aliphatic heterocycles. The van der Waals surface area contributed by atoms with Crippen LogP contribution in [-0.4, -0.2) is 6.16 Å². The zero-order chi connectivity index (χ0) is 32.2. The van der Waals surface area contributed by atoms with Gasteiger partial charge in [-0.05, 0) is 62.5 Å². The van der Waals surface area contributed by atoms with Crippen LogP contribution < -0.4 is 28.1 Å². The Morgan fingerprint density at radius 2 is 0.705 bits per heavy atom. The minimum atomic E-state index is -4.22. The van der Waals surface area contributed by atoms with Crippen molar-refractivity contribution in [3.05, 3.63) is 98.1 Å². The molecule has 0 unspecified atom stereocenters. The Kier molecular flexibility index (Phi) is 17.3. The van der Waals surface area contributed by atoms with Gasteiger partial charge in [-0.1, -0.05) is 46.6 Å². The fourth-order valence-electron chi connectivity index (χ4n) is 4.53. The number of hydrogen-bond donors (Lipinski definition) is 0. The van der Waals surface area contributed by atoms with Crippen LogP contribution in [0.5, 0.6) is 0 Å². The maximum atomic E-state index is 10.2. The lowest BCUT2D eigenvalue weighted by Gasteiger charge is -2.29. The van der Waals surface area contributed by atoms with Gasteiger partial charge in [0.25, 0.3) is 0 Å². The molecule has 0 aliphatic rings. The number of unbranched alkanes of at least 4 members (excludes halogenated alkanes) is 5. The van der Waals surface area contributed by atoms with E-state index in [1.165, 1.54) is 35.1 Å². The van der Waals surface area contributed by atoms with Crippen molar-refractivity contribution in [2.24, 2.45) is 0 Å². The van der Waals surface area contributed by atoms with E-state index in [0.29, 0.717) is 6.42 Å². The lowest BCUT2D eigenvalue weighted by molar-refractivity contribution is -0.693. The summed E-state index contributed by atoms with van der Waals surface area (Å²) < 4.78 is 18.9. The van der Waals surface area contributed by atoms with Gasteiger partial charge in [0.05, 0.1) is 0 Å². The highest BCUT2D eigenvalue weighted by Crippen LogP contribution is 2.25. The average Bonchev–Trinajstić information content (AvgIpc) is 3.06. The fourth-order valence-corrected chi connectivity index (χ4v) is 5.14. The molecule has 0 aliphatic carbocycles. The summed E-state index contributed by atoms with van der Waals surface area (Å²) in [5.41, 5.74) is 5.09. The highest BCUT2D eigenvalue weighted by Gasteiger charge is 2.04. The van der Waals surface area contributed by atoms with Crippen LogP contribution in [-0.2, 0) is 30.7 Å². The number of nitrogens with zero attached hydrogens (tertiary/aromatic N) is 4. The van der Waals surface area contributed by atoms with Gasteiger partial charge in [0.1, 0.15) is 26.2 Å². The molecule has 4 rings (SSSR count). The monoisotopic (exact) mass is 620 g/mol. The topological polar surface area (TPSA) is 78.7 Å². The Morgan fingerprint density at radius 1 is 0.455 bits per heavy atom. The predicted molar refractivity (Wildman–Crippen MR) is 173 cm³/mol. The summed E-state index contributed by atoms with van der Waals surface area (Å²) >= 11 is 0. The lowest BCUT2D eigenvalue weighted by atomic mass is 10.1. The van der Waals surface area contributed by atoms with E-state index in [1.54, 1.807) is 0 Å². The van der Waals surface area contributed by atoms with Crippen molar-refractivity contribution < 1.29 is 32.6 Å². The third kappa shape index (κ3) is 14.5. The van der Waals surface area contributed by atoms with E-state index in [-0.39, 0.29) is 6.16 Å². The zero-order valence-corrected chi connectivity index (χ0v) is 28.4. The maximum absolute atomic E-state index is 10.2. The van der Waals surface area contributed by atoms with Crippen LogP contribution in [0.15, 0.2) is 98.1 Å². The molecule has 44 heavy (non-hydrogen) atoms. The minimum absolute atomic E-state index is 0.168. The summed E-state index contributed by atoms with van der Waals surface area (Å²) in [6, 6.07) is 17.3. The fraction of sp³-hybridized carbons (Fsp3) is 0.444. The van der Waals surface area contributed by atoms with E-state index in [4.69, 9.17) is 0 Å². The Labute approximate surface area is 265 Å². The smallest absolute Gasteiger partial charge is 0.169 e. The van der Waals surface area contributed by atoms with Crippen molar-refractivity contribution in [1.82, 2.24) is 0 Å². The summed E-state index contributed by atoms with van der Waals surface area (Å²) in [5.74, 6) is 0. The third-order valence-electron chi connectivity index (χ3n) is 7.48. The number of pyridine rings is 4. The Bertz CT molecular complexity index is 1170. The van der Waals surface area contributed by atoms with E-state index in [2.05, 4.69) is 151 Å². The molecular formula is C36H53N4O3P+2. The molecule has 0 spiro atoms. The Hall–Kier alpha value is -3.25. The quantitative estimate of drug-likeness (QED) is 0.117. The molecule has 0 atom stereocenters. The molecule has 0 fully saturated rings. The predicted octanol–water partition coefficient (Wildman–Crippen LogP) is 5.20. The number of aromatic nitrogens is 4. The average molecular weight is 621 g/mol. The molecule has 0 bridgehead atoms. The summed E-state index contributed by atoms with van der Waals surface area (Å²) in [4.78, 5) is 20.4. The summed E-state index contributed by atoms with van der Waals surface area (Å²) in [5, 5.41) is 0. The van der Waals surface area contributed by atoms with Crippen LogP contribution in [0.25, 0.3) is 22.3 Å². The van der Waals surface area contributed by atoms with Crippen LogP contribution in [0.4, 0.5) is 0 Å². The molecule has 4 heterocycles. The van der Waals surface area contributed by atoms with E-state index >= 15 is 0 Å². The van der Waals surface area contributed by atoms with Crippen molar-refractivity contribution in [2.75, 3.05) is 6.16 Å². The van der Waals surface area contributed by atoms with Crippen LogP contribution in [0, 0.1) is 0 Å². The first-order valence-corrected chi connectivity index (χ1v) is 17.9. The lowest BCUT2D eigenvalue weighted by Crippen LogP contribution is -2.31. The van der Waals surface area contributed by atoms with Gasteiger partial charge in [0.15, 0.2) is 49.6 Å². The molecule has 0 radical (unpaired) electrons. The van der Waals surface area contributed by atoms with Crippen LogP contribution in [0.3, 0.4) is 0 Å². The van der Waals surface area contributed by atoms with Gasteiger partial charge in [0, 0.05) is 48.5 Å². The van der Waals surface area contributed by atoms with Crippen LogP contribution in [0.2, 0.25) is 0 Å². The molecule has 7 nitrogen and oxygen atoms in total. The van der Waals surface area contributed by atoms with Gasteiger partial charge < -0.3 is 14.4 Å². The standard InChI is InChI=1S/2C14H18N2.C8H19O3P/c2*1-3-15-9-5-13(6-10-15)14-7-11-16(4-2)12-8-14;1-2-3-4-5-6-7-8-12(9,10)11/h2*5-12H,3-4H2,1-2H3;2-8H2,1H3,(H2,9,10,11)/q2*+2;/p-2. The summed E-state index contributed by atoms with van der Waals surface area (Å²) in [6.07, 6.45) is 22.8. The van der Waals surface area contributed by atoms with Crippen molar-refractivity contribution >= 4 is 7.60 Å². The first-order chi connectivity index (χ1) is 21.2. The highest BCUT2D eigenvalue weighted by molar-refractivity contribution is 7.48. The minimum Gasteiger partial charge on any atom is -0.811 e. The van der Waals surface area contributed by atoms with Gasteiger partial charge >= 0.3 is 0 Å². The first kappa shape index (κ1) is 36.9. The van der Waals surface area contributed by atoms with Crippen molar-refractivity contribution in [3.63, 3.8) is 0 Å². The highest BCUT2D eigenvalue weighted by atomic mass is 31.2. The zero-order valence-electron chi connectivity index (χ0n) is 27.5. The molecule has 0 saturated carbocycles. The Balaban J connectivity index is 0.000000234. The van der Waals surface area contributed by atoms with Gasteiger partial charge in [-0.15, -0.1) is 0 Å². The summed E-state index contributed by atoms with van der Waals surface area (Å²) in [6.45, 7) is 14.8. The van der Waals surface area contributed by atoms with Crippen LogP contribution >= 0.6 is 7.60 Å². The van der Waals surface area contributed by atoms with E-state index < -0.39 is 7.60 Å². The first-order valence-electron chi connectivity index (χ1n) is 16.2. The molecule has 238 valence electrons.